The van der Waals surface area contributed by atoms with Crippen LogP contribution in [0.2, 0.25) is 0 Å². The van der Waals surface area contributed by atoms with Crippen molar-refractivity contribution in [1.29, 1.82) is 0 Å². The van der Waals surface area contributed by atoms with Crippen LogP contribution in [0.25, 0.3) is 0 Å². The van der Waals surface area contributed by atoms with Crippen LogP contribution in [0.15, 0.2) is 23.1 Å². The van der Waals surface area contributed by atoms with E-state index in [9.17, 15) is 17.6 Å². The zero-order valence-electron chi connectivity index (χ0n) is 10.6. The van der Waals surface area contributed by atoms with Gasteiger partial charge in [-0.25, -0.2) is 17.9 Å². The Bertz CT molecular complexity index is 558. The number of hydrogen-bond donors (Lipinski definition) is 2. The molecule has 0 atom stereocenters. The van der Waals surface area contributed by atoms with Crippen molar-refractivity contribution in [3.8, 4) is 0 Å². The van der Waals surface area contributed by atoms with E-state index >= 15 is 0 Å². The third-order valence-electron chi connectivity index (χ3n) is 2.53. The summed E-state index contributed by atoms with van der Waals surface area (Å²) in [5, 5.41) is 7.51. The lowest BCUT2D eigenvalue weighted by atomic mass is 10.2. The fourth-order valence-corrected chi connectivity index (χ4v) is 2.11. The number of benzene rings is 1. The smallest absolute Gasteiger partial charge is 0.251 e. The summed E-state index contributed by atoms with van der Waals surface area (Å²) in [6.07, 6.45) is 2.82. The first kappa shape index (κ1) is 15.6. The minimum atomic E-state index is -4.03. The first-order chi connectivity index (χ1) is 8.84. The molecule has 0 heterocycles. The average Bonchev–Trinajstić information content (AvgIpc) is 2.32. The third kappa shape index (κ3) is 4.96. The maximum absolute atomic E-state index is 13.3. The lowest BCUT2D eigenvalue weighted by Gasteiger charge is -2.06. The van der Waals surface area contributed by atoms with E-state index in [2.05, 4.69) is 5.32 Å². The topological polar surface area (TPSA) is 89.3 Å². The lowest BCUT2D eigenvalue weighted by molar-refractivity contribution is 0.0952. The molecular formula is C12H17FN2O3S. The van der Waals surface area contributed by atoms with Crippen LogP contribution in [-0.4, -0.2) is 20.9 Å². The van der Waals surface area contributed by atoms with Gasteiger partial charge in [0.2, 0.25) is 10.0 Å². The third-order valence-corrected chi connectivity index (χ3v) is 3.42. The molecule has 0 aliphatic rings. The van der Waals surface area contributed by atoms with Crippen LogP contribution in [0.5, 0.6) is 0 Å². The van der Waals surface area contributed by atoms with Gasteiger partial charge in [-0.1, -0.05) is 19.8 Å². The molecule has 7 heteroatoms. The molecule has 0 saturated carbocycles. The highest BCUT2D eigenvalue weighted by molar-refractivity contribution is 7.89. The quantitative estimate of drug-likeness (QED) is 0.775. The van der Waals surface area contributed by atoms with E-state index in [0.29, 0.717) is 6.54 Å². The number of primary sulfonamides is 1. The SMILES string of the molecule is CCCCCNC(=O)c1cc(F)cc(S(N)(=O)=O)c1. The van der Waals surface area contributed by atoms with Gasteiger partial charge in [0, 0.05) is 12.1 Å². The Kier molecular flexibility index (Phi) is 5.44. The predicted octanol–water partition coefficient (Wildman–Crippen LogP) is 1.39. The van der Waals surface area contributed by atoms with Crippen LogP contribution >= 0.6 is 0 Å². The molecule has 1 aromatic rings. The maximum Gasteiger partial charge on any atom is 0.251 e. The van der Waals surface area contributed by atoms with Crippen molar-refractivity contribution in [2.45, 2.75) is 31.1 Å². The van der Waals surface area contributed by atoms with Gasteiger partial charge in [-0.05, 0) is 24.6 Å². The number of sulfonamides is 1. The van der Waals surface area contributed by atoms with Gasteiger partial charge in [0.05, 0.1) is 4.90 Å². The zero-order valence-corrected chi connectivity index (χ0v) is 11.5. The number of rotatable bonds is 6. The molecule has 0 spiro atoms. The van der Waals surface area contributed by atoms with Crippen LogP contribution in [0.4, 0.5) is 4.39 Å². The summed E-state index contributed by atoms with van der Waals surface area (Å²) >= 11 is 0. The number of nitrogens with one attached hydrogen (secondary N) is 1. The highest BCUT2D eigenvalue weighted by Gasteiger charge is 2.14. The molecule has 1 rings (SSSR count). The van der Waals surface area contributed by atoms with Crippen molar-refractivity contribution in [1.82, 2.24) is 5.32 Å². The van der Waals surface area contributed by atoms with Gasteiger partial charge in [0.15, 0.2) is 0 Å². The van der Waals surface area contributed by atoms with Gasteiger partial charge >= 0.3 is 0 Å². The zero-order chi connectivity index (χ0) is 14.5. The fourth-order valence-electron chi connectivity index (χ4n) is 1.54. The second-order valence-electron chi connectivity index (χ2n) is 4.18. The van der Waals surface area contributed by atoms with Crippen molar-refractivity contribution in [3.05, 3.63) is 29.6 Å². The first-order valence-electron chi connectivity index (χ1n) is 5.96. The largest absolute Gasteiger partial charge is 0.352 e. The van der Waals surface area contributed by atoms with Gasteiger partial charge in [-0.15, -0.1) is 0 Å². The highest BCUT2D eigenvalue weighted by atomic mass is 32.2. The van der Waals surface area contributed by atoms with Crippen molar-refractivity contribution >= 4 is 15.9 Å². The summed E-state index contributed by atoms with van der Waals surface area (Å²) < 4.78 is 35.5. The van der Waals surface area contributed by atoms with Crippen LogP contribution in [0.3, 0.4) is 0 Å². The second kappa shape index (κ2) is 6.63. The molecule has 5 nitrogen and oxygen atoms in total. The summed E-state index contributed by atoms with van der Waals surface area (Å²) in [4.78, 5) is 11.3. The molecule has 0 aromatic heterocycles. The van der Waals surface area contributed by atoms with Crippen molar-refractivity contribution < 1.29 is 17.6 Å². The van der Waals surface area contributed by atoms with Crippen molar-refractivity contribution in [3.63, 3.8) is 0 Å². The number of carbonyl (C=O) groups is 1. The van der Waals surface area contributed by atoms with E-state index in [1.54, 1.807) is 0 Å². The van der Waals surface area contributed by atoms with E-state index in [4.69, 9.17) is 5.14 Å². The Balaban J connectivity index is 2.83. The van der Waals surface area contributed by atoms with E-state index in [0.717, 1.165) is 37.5 Å². The molecule has 0 aliphatic carbocycles. The summed E-state index contributed by atoms with van der Waals surface area (Å²) in [6.45, 7) is 2.50. The van der Waals surface area contributed by atoms with Gasteiger partial charge < -0.3 is 5.32 Å². The number of amides is 1. The van der Waals surface area contributed by atoms with Crippen molar-refractivity contribution in [2.75, 3.05) is 6.54 Å². The Morgan fingerprint density at radius 2 is 2.00 bits per heavy atom. The normalized spacial score (nSPS) is 11.3. The van der Waals surface area contributed by atoms with E-state index in [-0.39, 0.29) is 5.56 Å². The monoisotopic (exact) mass is 288 g/mol. The van der Waals surface area contributed by atoms with Crippen LogP contribution in [0, 0.1) is 5.82 Å². The summed E-state index contributed by atoms with van der Waals surface area (Å²) in [7, 11) is -4.03. The number of carbonyl (C=O) groups excluding carboxylic acids is 1. The van der Waals surface area contributed by atoms with Crippen LogP contribution in [-0.2, 0) is 10.0 Å². The van der Waals surface area contributed by atoms with E-state index in [1.165, 1.54) is 0 Å². The predicted molar refractivity (Wildman–Crippen MR) is 69.6 cm³/mol. The molecule has 0 saturated heterocycles. The molecular weight excluding hydrogens is 271 g/mol. The van der Waals surface area contributed by atoms with E-state index < -0.39 is 26.6 Å². The van der Waals surface area contributed by atoms with Gasteiger partial charge in [0.1, 0.15) is 5.82 Å². The molecule has 1 aromatic carbocycles. The van der Waals surface area contributed by atoms with Crippen LogP contribution in [0.1, 0.15) is 36.5 Å². The molecule has 0 aliphatic heterocycles. The second-order valence-corrected chi connectivity index (χ2v) is 5.75. The van der Waals surface area contributed by atoms with Crippen molar-refractivity contribution in [2.24, 2.45) is 5.14 Å². The molecule has 3 N–H and O–H groups in total. The van der Waals surface area contributed by atoms with Crippen LogP contribution < -0.4 is 10.5 Å². The Hall–Kier alpha value is -1.47. The Morgan fingerprint density at radius 3 is 2.58 bits per heavy atom. The average molecular weight is 288 g/mol. The molecule has 0 radical (unpaired) electrons. The summed E-state index contributed by atoms with van der Waals surface area (Å²) in [5.74, 6) is -1.33. The lowest BCUT2D eigenvalue weighted by Crippen LogP contribution is -2.25. The van der Waals surface area contributed by atoms with E-state index in [1.807, 2.05) is 6.92 Å². The molecule has 19 heavy (non-hydrogen) atoms. The summed E-state index contributed by atoms with van der Waals surface area (Å²) in [5.41, 5.74) is -0.0551. The molecule has 1 amide bonds. The first-order valence-corrected chi connectivity index (χ1v) is 7.51. The standard InChI is InChI=1S/C12H17FN2O3S/c1-2-3-4-5-15-12(16)9-6-10(13)8-11(7-9)19(14,17)18/h6-8H,2-5H2,1H3,(H,15,16)(H2,14,17,18). The number of unbranched alkanes of at least 4 members (excludes halogenated alkanes) is 2. The number of nitrogens with two attached hydrogens (primary N) is 1. The highest BCUT2D eigenvalue weighted by Crippen LogP contribution is 2.13. The molecule has 0 unspecified atom stereocenters. The Morgan fingerprint density at radius 1 is 1.32 bits per heavy atom. The Labute approximate surface area is 112 Å². The van der Waals surface area contributed by atoms with Gasteiger partial charge in [-0.3, -0.25) is 4.79 Å². The molecule has 0 bridgehead atoms. The minimum Gasteiger partial charge on any atom is -0.352 e. The number of halogens is 1. The minimum absolute atomic E-state index is 0.0551. The van der Waals surface area contributed by atoms with Gasteiger partial charge in [0.25, 0.3) is 5.91 Å². The fraction of sp³-hybridized carbons (Fsp3) is 0.417. The number of hydrogen-bond acceptors (Lipinski definition) is 3. The molecule has 106 valence electrons. The summed E-state index contributed by atoms with van der Waals surface area (Å²) in [6, 6.07) is 2.82. The maximum atomic E-state index is 13.3. The molecule has 0 fully saturated rings. The van der Waals surface area contributed by atoms with Gasteiger partial charge in [-0.2, -0.15) is 0 Å².